The summed E-state index contributed by atoms with van der Waals surface area (Å²) in [6.07, 6.45) is 3.98. The molecule has 1 aromatic carbocycles. The molecule has 9 heteroatoms. The molecule has 1 aliphatic rings. The summed E-state index contributed by atoms with van der Waals surface area (Å²) < 4.78 is 49.0. The second kappa shape index (κ2) is 9.35. The molecule has 4 nitrogen and oxygen atoms in total. The third kappa shape index (κ3) is 6.00. The summed E-state index contributed by atoms with van der Waals surface area (Å²) in [6, 6.07) is 6.28. The maximum Gasteiger partial charge on any atom is 0.391 e. The summed E-state index contributed by atoms with van der Waals surface area (Å²) in [5.41, 5.74) is 0.661. The molecule has 154 valence electrons. The molecule has 2 heterocycles. The minimum atomic E-state index is -3.93. The molecule has 1 N–H and O–H groups in total. The number of anilines is 2. The lowest BCUT2D eigenvalue weighted by atomic mass is 9.89. The van der Waals surface area contributed by atoms with Crippen molar-refractivity contribution < 1.29 is 17.6 Å². The molecule has 0 saturated heterocycles. The number of hydrogen-bond donors (Lipinski definition) is 1. The summed E-state index contributed by atoms with van der Waals surface area (Å²) in [4.78, 5) is 12.0. The first kappa shape index (κ1) is 21.2. The molecule has 1 fully saturated rings. The summed E-state index contributed by atoms with van der Waals surface area (Å²) in [7, 11) is 0. The van der Waals surface area contributed by atoms with E-state index in [4.69, 9.17) is 11.6 Å². The molecular formula is C20H19ClF4N4. The van der Waals surface area contributed by atoms with Crippen molar-refractivity contribution in [2.75, 3.05) is 5.32 Å². The van der Waals surface area contributed by atoms with Crippen molar-refractivity contribution >= 4 is 33.9 Å². The zero-order valence-electron chi connectivity index (χ0n) is 15.4. The van der Waals surface area contributed by atoms with Crippen LogP contribution in [0.5, 0.6) is 0 Å². The Balaban J connectivity index is 0.000000204. The fourth-order valence-corrected chi connectivity index (χ4v) is 3.29. The third-order valence-electron chi connectivity index (χ3n) is 4.68. The van der Waals surface area contributed by atoms with Crippen molar-refractivity contribution in [2.24, 2.45) is 5.92 Å². The third-order valence-corrected chi connectivity index (χ3v) is 4.87. The Morgan fingerprint density at radius 3 is 2.28 bits per heavy atom. The molecular weight excluding hydrogens is 408 g/mol. The highest BCUT2D eigenvalue weighted by atomic mass is 35.5. The predicted octanol–water partition coefficient (Wildman–Crippen LogP) is 6.69. The highest BCUT2D eigenvalue weighted by Crippen LogP contribution is 2.37. The highest BCUT2D eigenvalue weighted by Gasteiger charge is 2.39. The van der Waals surface area contributed by atoms with Gasteiger partial charge in [-0.2, -0.15) is 13.2 Å². The van der Waals surface area contributed by atoms with Crippen LogP contribution in [0.3, 0.4) is 0 Å². The molecule has 0 bridgehead atoms. The summed E-state index contributed by atoms with van der Waals surface area (Å²) in [5.74, 6) is -0.663. The first-order chi connectivity index (χ1) is 13.8. The molecule has 3 aromatic rings. The van der Waals surface area contributed by atoms with Gasteiger partial charge in [0.25, 0.3) is 0 Å². The lowest BCUT2D eigenvalue weighted by molar-refractivity contribution is -0.181. The van der Waals surface area contributed by atoms with E-state index in [9.17, 15) is 17.6 Å². The normalized spacial score (nSPS) is 14.9. The molecule has 2 aromatic heterocycles. The molecule has 1 saturated carbocycles. The van der Waals surface area contributed by atoms with Crippen molar-refractivity contribution in [1.82, 2.24) is 15.0 Å². The highest BCUT2D eigenvalue weighted by molar-refractivity contribution is 6.28. The van der Waals surface area contributed by atoms with Crippen LogP contribution in [0.1, 0.15) is 32.1 Å². The van der Waals surface area contributed by atoms with E-state index in [1.807, 2.05) is 0 Å². The van der Waals surface area contributed by atoms with Crippen LogP contribution in [0.2, 0.25) is 5.28 Å². The lowest BCUT2D eigenvalue weighted by Crippen LogP contribution is -2.24. The van der Waals surface area contributed by atoms with Crippen molar-refractivity contribution in [3.05, 3.63) is 54.0 Å². The standard InChI is InChI=1S/C13H8ClFN4.C7H11F3/c14-13-17-6-10(7-18-13)19-12-11-2-1-9(15)5-8(11)3-4-16-12;8-7(9,10)6-4-2-1-3-5-6/h1-7H,(H,16,19);6H,1-5H2. The number of benzene rings is 1. The van der Waals surface area contributed by atoms with Gasteiger partial charge in [-0.05, 0) is 54.1 Å². The van der Waals surface area contributed by atoms with E-state index >= 15 is 0 Å². The molecule has 0 amide bonds. The minimum absolute atomic E-state index is 0.179. The Hall–Kier alpha value is -2.48. The number of aromatic nitrogens is 3. The molecule has 0 radical (unpaired) electrons. The monoisotopic (exact) mass is 426 g/mol. The van der Waals surface area contributed by atoms with Crippen LogP contribution in [-0.4, -0.2) is 21.1 Å². The van der Waals surface area contributed by atoms with Crippen LogP contribution in [-0.2, 0) is 0 Å². The Morgan fingerprint density at radius 1 is 0.966 bits per heavy atom. The Kier molecular flexibility index (Phi) is 6.84. The maximum atomic E-state index is 13.2. The number of pyridine rings is 1. The van der Waals surface area contributed by atoms with E-state index in [0.717, 1.165) is 30.0 Å². The first-order valence-corrected chi connectivity index (χ1v) is 9.56. The van der Waals surface area contributed by atoms with Crippen LogP contribution in [0.4, 0.5) is 29.1 Å². The largest absolute Gasteiger partial charge is 0.391 e. The van der Waals surface area contributed by atoms with Crippen molar-refractivity contribution in [1.29, 1.82) is 0 Å². The minimum Gasteiger partial charge on any atom is -0.337 e. The van der Waals surface area contributed by atoms with Gasteiger partial charge in [0, 0.05) is 11.6 Å². The van der Waals surface area contributed by atoms with Gasteiger partial charge in [-0.15, -0.1) is 0 Å². The average Bonchev–Trinajstić information content (AvgIpc) is 2.70. The van der Waals surface area contributed by atoms with Gasteiger partial charge in [0.15, 0.2) is 0 Å². The summed E-state index contributed by atoms with van der Waals surface area (Å²) >= 11 is 5.62. The van der Waals surface area contributed by atoms with E-state index in [2.05, 4.69) is 20.3 Å². The fraction of sp³-hybridized carbons (Fsp3) is 0.350. The first-order valence-electron chi connectivity index (χ1n) is 9.18. The number of fused-ring (bicyclic) bond motifs is 1. The van der Waals surface area contributed by atoms with E-state index in [0.29, 0.717) is 24.3 Å². The molecule has 0 atom stereocenters. The van der Waals surface area contributed by atoms with Gasteiger partial charge in [0.1, 0.15) is 11.6 Å². The molecule has 1 aliphatic carbocycles. The molecule has 0 aliphatic heterocycles. The SMILES string of the molecule is FC(F)(F)C1CCCCC1.Fc1ccc2c(Nc3cnc(Cl)nc3)nccc2c1. The van der Waals surface area contributed by atoms with Gasteiger partial charge < -0.3 is 5.32 Å². The Labute approximate surface area is 170 Å². The second-order valence-electron chi connectivity index (χ2n) is 6.77. The Bertz CT molecular complexity index is 941. The molecule has 29 heavy (non-hydrogen) atoms. The maximum absolute atomic E-state index is 13.2. The van der Waals surface area contributed by atoms with E-state index < -0.39 is 12.1 Å². The smallest absolute Gasteiger partial charge is 0.337 e. The second-order valence-corrected chi connectivity index (χ2v) is 7.11. The van der Waals surface area contributed by atoms with Crippen LogP contribution in [0.15, 0.2) is 42.9 Å². The van der Waals surface area contributed by atoms with Crippen LogP contribution in [0.25, 0.3) is 10.8 Å². The zero-order valence-corrected chi connectivity index (χ0v) is 16.1. The number of alkyl halides is 3. The van der Waals surface area contributed by atoms with Crippen molar-refractivity contribution in [3.63, 3.8) is 0 Å². The van der Waals surface area contributed by atoms with Gasteiger partial charge in [0.05, 0.1) is 24.0 Å². The van der Waals surface area contributed by atoms with E-state index in [1.54, 1.807) is 30.7 Å². The van der Waals surface area contributed by atoms with E-state index in [1.165, 1.54) is 12.1 Å². The predicted molar refractivity (Wildman–Crippen MR) is 105 cm³/mol. The van der Waals surface area contributed by atoms with Gasteiger partial charge in [-0.1, -0.05) is 19.3 Å². The number of halogens is 5. The molecule has 0 unspecified atom stereocenters. The molecule has 4 rings (SSSR count). The topological polar surface area (TPSA) is 50.7 Å². The van der Waals surface area contributed by atoms with Crippen LogP contribution in [0, 0.1) is 11.7 Å². The molecule has 0 spiro atoms. The number of rotatable bonds is 2. The van der Waals surface area contributed by atoms with Crippen molar-refractivity contribution in [3.8, 4) is 0 Å². The summed E-state index contributed by atoms with van der Waals surface area (Å²) in [6.45, 7) is 0. The average molecular weight is 427 g/mol. The number of nitrogens with zero attached hydrogens (tertiary/aromatic N) is 3. The van der Waals surface area contributed by atoms with Gasteiger partial charge in [0.2, 0.25) is 5.28 Å². The van der Waals surface area contributed by atoms with Gasteiger partial charge in [-0.25, -0.2) is 19.3 Å². The lowest BCUT2D eigenvalue weighted by Gasteiger charge is -2.23. The van der Waals surface area contributed by atoms with Crippen LogP contribution >= 0.6 is 11.6 Å². The Morgan fingerprint density at radius 2 is 1.66 bits per heavy atom. The van der Waals surface area contributed by atoms with E-state index in [-0.39, 0.29) is 11.1 Å². The van der Waals surface area contributed by atoms with Gasteiger partial charge >= 0.3 is 6.18 Å². The quantitative estimate of drug-likeness (QED) is 0.366. The van der Waals surface area contributed by atoms with Crippen LogP contribution < -0.4 is 5.32 Å². The van der Waals surface area contributed by atoms with Gasteiger partial charge in [-0.3, -0.25) is 0 Å². The summed E-state index contributed by atoms with van der Waals surface area (Å²) in [5, 5.41) is 4.84. The number of hydrogen-bond acceptors (Lipinski definition) is 4. The van der Waals surface area contributed by atoms with Crippen molar-refractivity contribution in [2.45, 2.75) is 38.3 Å². The number of nitrogens with one attached hydrogen (secondary N) is 1. The fourth-order valence-electron chi connectivity index (χ4n) is 3.19. The zero-order chi connectivity index (χ0) is 20.9.